The molecule has 0 aliphatic rings. The molecule has 0 heterocycles. The number of oxime groups is 1. The van der Waals surface area contributed by atoms with E-state index < -0.39 is 6.10 Å². The molecule has 1 atom stereocenters. The van der Waals surface area contributed by atoms with Crippen molar-refractivity contribution in [3.63, 3.8) is 0 Å². The van der Waals surface area contributed by atoms with Crippen molar-refractivity contribution in [2.45, 2.75) is 26.4 Å². The zero-order valence-corrected chi connectivity index (χ0v) is 11.7. The van der Waals surface area contributed by atoms with Gasteiger partial charge in [0.15, 0.2) is 0 Å². The predicted octanol–water partition coefficient (Wildman–Crippen LogP) is 3.19. The Bertz CT molecular complexity index is 622. The molecule has 0 saturated carbocycles. The molecule has 0 saturated heterocycles. The van der Waals surface area contributed by atoms with Crippen molar-refractivity contribution in [1.29, 1.82) is 0 Å². The first-order chi connectivity index (χ1) is 9.67. The SMILES string of the molecule is CCC(O)COc1c(/C(C)=N/O)ccc2ccccc12. The summed E-state index contributed by atoms with van der Waals surface area (Å²) < 4.78 is 5.78. The molecule has 0 aliphatic heterocycles. The monoisotopic (exact) mass is 273 g/mol. The summed E-state index contributed by atoms with van der Waals surface area (Å²) in [7, 11) is 0. The van der Waals surface area contributed by atoms with E-state index in [-0.39, 0.29) is 6.61 Å². The minimum Gasteiger partial charge on any atom is -0.490 e. The van der Waals surface area contributed by atoms with Crippen LogP contribution in [-0.4, -0.2) is 28.7 Å². The Labute approximate surface area is 118 Å². The highest BCUT2D eigenvalue weighted by Crippen LogP contribution is 2.30. The fourth-order valence-corrected chi connectivity index (χ4v) is 2.03. The first-order valence-corrected chi connectivity index (χ1v) is 6.69. The second-order valence-corrected chi connectivity index (χ2v) is 4.72. The number of aliphatic hydroxyl groups is 1. The third-order valence-electron chi connectivity index (χ3n) is 3.31. The van der Waals surface area contributed by atoms with Crippen LogP contribution < -0.4 is 4.74 Å². The van der Waals surface area contributed by atoms with E-state index in [0.717, 1.165) is 16.3 Å². The third-order valence-corrected chi connectivity index (χ3v) is 3.31. The number of hydrogen-bond acceptors (Lipinski definition) is 4. The molecule has 0 amide bonds. The number of hydrogen-bond donors (Lipinski definition) is 2. The highest BCUT2D eigenvalue weighted by molar-refractivity contribution is 6.06. The van der Waals surface area contributed by atoms with Crippen molar-refractivity contribution < 1.29 is 15.1 Å². The van der Waals surface area contributed by atoms with E-state index in [2.05, 4.69) is 5.16 Å². The molecular weight excluding hydrogens is 254 g/mol. The molecule has 4 heteroatoms. The lowest BCUT2D eigenvalue weighted by atomic mass is 10.0. The minimum atomic E-state index is -0.506. The van der Waals surface area contributed by atoms with Gasteiger partial charge < -0.3 is 15.1 Å². The number of fused-ring (bicyclic) bond motifs is 1. The summed E-state index contributed by atoms with van der Waals surface area (Å²) >= 11 is 0. The van der Waals surface area contributed by atoms with Gasteiger partial charge in [0.05, 0.1) is 11.8 Å². The van der Waals surface area contributed by atoms with E-state index in [9.17, 15) is 5.11 Å². The van der Waals surface area contributed by atoms with Gasteiger partial charge in [-0.3, -0.25) is 0 Å². The highest BCUT2D eigenvalue weighted by atomic mass is 16.5. The minimum absolute atomic E-state index is 0.218. The molecule has 20 heavy (non-hydrogen) atoms. The van der Waals surface area contributed by atoms with E-state index >= 15 is 0 Å². The van der Waals surface area contributed by atoms with E-state index in [1.165, 1.54) is 0 Å². The number of rotatable bonds is 5. The first kappa shape index (κ1) is 14.3. The molecule has 2 N–H and O–H groups in total. The number of nitrogens with zero attached hydrogens (tertiary/aromatic N) is 1. The van der Waals surface area contributed by atoms with E-state index in [1.807, 2.05) is 43.3 Å². The van der Waals surface area contributed by atoms with E-state index in [1.54, 1.807) is 6.92 Å². The maximum Gasteiger partial charge on any atom is 0.136 e. The van der Waals surface area contributed by atoms with Crippen LogP contribution in [0.15, 0.2) is 41.6 Å². The Hall–Kier alpha value is -2.07. The van der Waals surface area contributed by atoms with Gasteiger partial charge in [-0.1, -0.05) is 42.4 Å². The Morgan fingerprint density at radius 1 is 1.25 bits per heavy atom. The van der Waals surface area contributed by atoms with Gasteiger partial charge in [0, 0.05) is 10.9 Å². The number of ether oxygens (including phenoxy) is 1. The van der Waals surface area contributed by atoms with Gasteiger partial charge in [-0.25, -0.2) is 0 Å². The summed E-state index contributed by atoms with van der Waals surface area (Å²) in [5.41, 5.74) is 1.21. The van der Waals surface area contributed by atoms with Crippen molar-refractivity contribution in [3.05, 3.63) is 42.0 Å². The Morgan fingerprint density at radius 3 is 2.70 bits per heavy atom. The van der Waals surface area contributed by atoms with Crippen molar-refractivity contribution in [3.8, 4) is 5.75 Å². The van der Waals surface area contributed by atoms with Crippen LogP contribution in [0.5, 0.6) is 5.75 Å². The summed E-state index contributed by atoms with van der Waals surface area (Å²) in [6.45, 7) is 3.84. The molecular formula is C16H19NO3. The average Bonchev–Trinajstić information content (AvgIpc) is 2.51. The van der Waals surface area contributed by atoms with E-state index in [0.29, 0.717) is 17.9 Å². The molecule has 106 valence electrons. The molecule has 2 aromatic carbocycles. The molecule has 2 rings (SSSR count). The second-order valence-electron chi connectivity index (χ2n) is 4.72. The van der Waals surface area contributed by atoms with Gasteiger partial charge in [0.2, 0.25) is 0 Å². The summed E-state index contributed by atoms with van der Waals surface area (Å²) in [5.74, 6) is 0.644. The second kappa shape index (κ2) is 6.39. The molecule has 0 radical (unpaired) electrons. The van der Waals surface area contributed by atoms with Gasteiger partial charge in [-0.15, -0.1) is 0 Å². The lowest BCUT2D eigenvalue weighted by Crippen LogP contribution is -2.17. The van der Waals surface area contributed by atoms with Crippen molar-refractivity contribution in [2.75, 3.05) is 6.61 Å². The zero-order chi connectivity index (χ0) is 14.5. The quantitative estimate of drug-likeness (QED) is 0.499. The van der Waals surface area contributed by atoms with E-state index in [4.69, 9.17) is 9.94 Å². The van der Waals surface area contributed by atoms with Gasteiger partial charge in [0.1, 0.15) is 12.4 Å². The number of benzene rings is 2. The topological polar surface area (TPSA) is 62.0 Å². The standard InChI is InChI=1S/C16H19NO3/c1-3-13(18)10-20-16-14(11(2)17-19)9-8-12-6-4-5-7-15(12)16/h4-9,13,18-19H,3,10H2,1-2H3/b17-11+. The summed E-state index contributed by atoms with van der Waals surface area (Å²) in [6, 6.07) is 11.7. The van der Waals surface area contributed by atoms with Crippen LogP contribution in [0.1, 0.15) is 25.8 Å². The number of aliphatic hydroxyl groups excluding tert-OH is 1. The van der Waals surface area contributed by atoms with Gasteiger partial charge in [-0.05, 0) is 24.8 Å². The van der Waals surface area contributed by atoms with Crippen molar-refractivity contribution >= 4 is 16.5 Å². The van der Waals surface area contributed by atoms with Crippen molar-refractivity contribution in [2.24, 2.45) is 5.16 Å². The Balaban J connectivity index is 2.50. The Kier molecular flexibility index (Phi) is 4.58. The maximum atomic E-state index is 9.67. The van der Waals surface area contributed by atoms with Crippen molar-refractivity contribution in [1.82, 2.24) is 0 Å². The summed E-state index contributed by atoms with van der Waals surface area (Å²) in [4.78, 5) is 0. The van der Waals surface area contributed by atoms with Crippen LogP contribution in [-0.2, 0) is 0 Å². The third kappa shape index (κ3) is 2.91. The predicted molar refractivity (Wildman–Crippen MR) is 79.7 cm³/mol. The summed E-state index contributed by atoms with van der Waals surface area (Å²) in [6.07, 6.45) is 0.126. The average molecular weight is 273 g/mol. The fraction of sp³-hybridized carbons (Fsp3) is 0.312. The van der Waals surface area contributed by atoms with Crippen LogP contribution in [0.4, 0.5) is 0 Å². The molecule has 4 nitrogen and oxygen atoms in total. The Morgan fingerprint density at radius 2 is 2.00 bits per heavy atom. The normalized spacial score (nSPS) is 13.4. The maximum absolute atomic E-state index is 9.67. The molecule has 0 spiro atoms. The molecule has 0 aromatic heterocycles. The smallest absolute Gasteiger partial charge is 0.136 e. The van der Waals surface area contributed by atoms with Crippen LogP contribution in [0.3, 0.4) is 0 Å². The molecule has 0 bridgehead atoms. The molecule has 2 aromatic rings. The molecule has 0 fully saturated rings. The fourth-order valence-electron chi connectivity index (χ4n) is 2.03. The summed E-state index contributed by atoms with van der Waals surface area (Å²) in [5, 5.41) is 23.9. The van der Waals surface area contributed by atoms with Crippen LogP contribution in [0.2, 0.25) is 0 Å². The first-order valence-electron chi connectivity index (χ1n) is 6.69. The lowest BCUT2D eigenvalue weighted by molar-refractivity contribution is 0.105. The van der Waals surface area contributed by atoms with Gasteiger partial charge in [0.25, 0.3) is 0 Å². The highest BCUT2D eigenvalue weighted by Gasteiger charge is 2.13. The zero-order valence-electron chi connectivity index (χ0n) is 11.7. The molecule has 0 aliphatic carbocycles. The van der Waals surface area contributed by atoms with Crippen LogP contribution in [0.25, 0.3) is 10.8 Å². The van der Waals surface area contributed by atoms with Gasteiger partial charge in [-0.2, -0.15) is 0 Å². The van der Waals surface area contributed by atoms with Gasteiger partial charge >= 0.3 is 0 Å². The lowest BCUT2D eigenvalue weighted by Gasteiger charge is -2.16. The van der Waals surface area contributed by atoms with Crippen LogP contribution in [0, 0.1) is 0 Å². The largest absolute Gasteiger partial charge is 0.490 e. The van der Waals surface area contributed by atoms with Crippen LogP contribution >= 0.6 is 0 Å². The molecule has 1 unspecified atom stereocenters.